The van der Waals surface area contributed by atoms with E-state index in [0.29, 0.717) is 29.7 Å². The van der Waals surface area contributed by atoms with Gasteiger partial charge in [0.1, 0.15) is 0 Å². The summed E-state index contributed by atoms with van der Waals surface area (Å²) in [6.07, 6.45) is 0.353. The van der Waals surface area contributed by atoms with Crippen molar-refractivity contribution in [1.82, 2.24) is 19.9 Å². The Morgan fingerprint density at radius 2 is 1.82 bits per heavy atom. The molecule has 186 valence electrons. The molecular formula is C23H28F5N5O. The van der Waals surface area contributed by atoms with Crippen molar-refractivity contribution in [1.29, 1.82) is 0 Å². The molecule has 0 aromatic carbocycles. The van der Waals surface area contributed by atoms with Crippen LogP contribution in [-0.4, -0.2) is 32.6 Å². The summed E-state index contributed by atoms with van der Waals surface area (Å²) in [4.78, 5) is 17.1. The number of carbonyl (C=O) groups excluding carboxylic acids is 1. The highest BCUT2D eigenvalue weighted by Gasteiger charge is 2.63. The van der Waals surface area contributed by atoms with Crippen LogP contribution in [0.1, 0.15) is 81.1 Å². The Morgan fingerprint density at radius 1 is 1.15 bits per heavy atom. The van der Waals surface area contributed by atoms with Crippen molar-refractivity contribution in [3.8, 4) is 0 Å². The maximum Gasteiger partial charge on any atom is 0.395 e. The average molecular weight is 486 g/mol. The van der Waals surface area contributed by atoms with Crippen molar-refractivity contribution in [2.24, 2.45) is 23.0 Å². The molecule has 3 saturated carbocycles. The van der Waals surface area contributed by atoms with Gasteiger partial charge < -0.3 is 11.1 Å². The van der Waals surface area contributed by atoms with E-state index >= 15 is 0 Å². The molecule has 0 radical (unpaired) electrons. The van der Waals surface area contributed by atoms with E-state index < -0.39 is 41.9 Å². The van der Waals surface area contributed by atoms with Gasteiger partial charge in [-0.2, -0.15) is 18.3 Å². The normalized spacial score (nSPS) is 24.1. The third kappa shape index (κ3) is 4.63. The first-order valence-corrected chi connectivity index (χ1v) is 11.8. The van der Waals surface area contributed by atoms with Gasteiger partial charge in [0.05, 0.1) is 35.6 Å². The first-order chi connectivity index (χ1) is 16.0. The molecule has 2 atom stereocenters. The summed E-state index contributed by atoms with van der Waals surface area (Å²) < 4.78 is 68.3. The predicted molar refractivity (Wildman–Crippen MR) is 113 cm³/mol. The average Bonchev–Trinajstić information content (AvgIpc) is 3.68. The predicted octanol–water partition coefficient (Wildman–Crippen LogP) is 4.85. The fourth-order valence-electron chi connectivity index (χ4n) is 5.05. The fraction of sp³-hybridized carbons (Fsp3) is 0.696. The summed E-state index contributed by atoms with van der Waals surface area (Å²) in [7, 11) is 0. The summed E-state index contributed by atoms with van der Waals surface area (Å²) in [6.45, 7) is 0. The summed E-state index contributed by atoms with van der Waals surface area (Å²) in [5.41, 5.74) is 6.21. The zero-order valence-electron chi connectivity index (χ0n) is 18.6. The number of hydrogen-bond donors (Lipinski definition) is 2. The first-order valence-electron chi connectivity index (χ1n) is 11.8. The second-order valence-electron chi connectivity index (χ2n) is 10.3. The van der Waals surface area contributed by atoms with E-state index in [1.807, 2.05) is 0 Å². The number of aromatic nitrogens is 3. The highest BCUT2D eigenvalue weighted by Crippen LogP contribution is 2.60. The fourth-order valence-corrected chi connectivity index (χ4v) is 5.05. The lowest BCUT2D eigenvalue weighted by atomic mass is 9.81. The molecule has 3 aliphatic rings. The summed E-state index contributed by atoms with van der Waals surface area (Å²) in [6, 6.07) is 0.846. The molecule has 6 nitrogen and oxygen atoms in total. The maximum absolute atomic E-state index is 13.5. The van der Waals surface area contributed by atoms with Crippen molar-refractivity contribution in [3.63, 3.8) is 0 Å². The van der Waals surface area contributed by atoms with Gasteiger partial charge >= 0.3 is 6.18 Å². The molecule has 2 heterocycles. The minimum atomic E-state index is -4.38. The van der Waals surface area contributed by atoms with Gasteiger partial charge in [-0.25, -0.2) is 18.3 Å². The van der Waals surface area contributed by atoms with Crippen LogP contribution in [0, 0.1) is 17.3 Å². The van der Waals surface area contributed by atoms with Gasteiger partial charge in [-0.05, 0) is 62.0 Å². The molecule has 0 saturated heterocycles. The molecule has 3 N–H and O–H groups in total. The van der Waals surface area contributed by atoms with Gasteiger partial charge in [0, 0.05) is 19.3 Å². The highest BCUT2D eigenvalue weighted by atomic mass is 19.4. The SMILES string of the molecule is N[C@H](c1cn2ncc(C(NC(=O)CC3(C(F)(F)F)CC3)C3CC3)cc2n1)C1CCC(F)(F)CC1. The lowest BCUT2D eigenvalue weighted by molar-refractivity contribution is -0.190. The molecule has 3 fully saturated rings. The number of nitrogens with two attached hydrogens (primary N) is 1. The Kier molecular flexibility index (Phi) is 5.61. The number of imidazole rings is 1. The maximum atomic E-state index is 13.5. The standard InChI is InChI=1S/C23H28F5N5O/c24-22(25)5-3-13(4-6-22)19(29)16-12-33-17(31-16)9-15(11-30-33)20(14-1-2-14)32-18(34)10-21(7-8-21)23(26,27)28/h9,11-14,19-20H,1-8,10,29H2,(H,32,34)/t19-,20?/m0/s1. The van der Waals surface area contributed by atoms with Crippen LogP contribution in [0.3, 0.4) is 0 Å². The highest BCUT2D eigenvalue weighted by molar-refractivity contribution is 5.78. The number of carbonyl (C=O) groups is 1. The van der Waals surface area contributed by atoms with Crippen LogP contribution in [0.25, 0.3) is 5.65 Å². The van der Waals surface area contributed by atoms with E-state index in [1.54, 1.807) is 23.0 Å². The number of rotatable bonds is 7. The zero-order chi connectivity index (χ0) is 24.3. The molecule has 0 aliphatic heterocycles. The van der Waals surface area contributed by atoms with Crippen LogP contribution >= 0.6 is 0 Å². The van der Waals surface area contributed by atoms with E-state index in [0.717, 1.165) is 12.8 Å². The molecule has 11 heteroatoms. The van der Waals surface area contributed by atoms with Gasteiger partial charge in [-0.15, -0.1) is 0 Å². The van der Waals surface area contributed by atoms with Gasteiger partial charge in [0.2, 0.25) is 11.8 Å². The number of hydrogen-bond acceptors (Lipinski definition) is 4. The smallest absolute Gasteiger partial charge is 0.349 e. The van der Waals surface area contributed by atoms with Crippen LogP contribution in [0.5, 0.6) is 0 Å². The molecule has 5 rings (SSSR count). The lowest BCUT2D eigenvalue weighted by Gasteiger charge is -2.31. The van der Waals surface area contributed by atoms with Crippen LogP contribution in [-0.2, 0) is 4.79 Å². The molecule has 1 unspecified atom stereocenters. The Morgan fingerprint density at radius 3 is 2.41 bits per heavy atom. The van der Waals surface area contributed by atoms with Gasteiger partial charge in [0.25, 0.3) is 0 Å². The molecular weight excluding hydrogens is 457 g/mol. The number of halogens is 5. The van der Waals surface area contributed by atoms with Crippen LogP contribution in [0.15, 0.2) is 18.5 Å². The Hall–Kier alpha value is -2.30. The van der Waals surface area contributed by atoms with Gasteiger partial charge in [0.15, 0.2) is 5.65 Å². The van der Waals surface area contributed by atoms with Gasteiger partial charge in [-0.3, -0.25) is 4.79 Å². The number of amides is 1. The number of fused-ring (bicyclic) bond motifs is 1. The van der Waals surface area contributed by atoms with E-state index in [1.165, 1.54) is 0 Å². The summed E-state index contributed by atoms with van der Waals surface area (Å²) in [5.74, 6) is -3.18. The third-order valence-corrected chi connectivity index (χ3v) is 7.69. The van der Waals surface area contributed by atoms with E-state index in [4.69, 9.17) is 5.73 Å². The van der Waals surface area contributed by atoms with E-state index in [2.05, 4.69) is 15.4 Å². The van der Waals surface area contributed by atoms with Gasteiger partial charge in [-0.1, -0.05) is 0 Å². The molecule has 3 aliphatic carbocycles. The van der Waals surface area contributed by atoms with Crippen molar-refractivity contribution >= 4 is 11.6 Å². The van der Waals surface area contributed by atoms with Crippen molar-refractivity contribution in [3.05, 3.63) is 29.7 Å². The Bertz CT molecular complexity index is 1070. The largest absolute Gasteiger partial charge is 0.395 e. The molecule has 0 spiro atoms. The number of nitrogens with one attached hydrogen (secondary N) is 1. The van der Waals surface area contributed by atoms with Crippen LogP contribution in [0.4, 0.5) is 22.0 Å². The van der Waals surface area contributed by atoms with E-state index in [9.17, 15) is 26.7 Å². The van der Waals surface area contributed by atoms with Crippen LogP contribution in [0.2, 0.25) is 0 Å². The molecule has 2 aromatic rings. The minimum absolute atomic E-state index is 0.0126. The quantitative estimate of drug-likeness (QED) is 0.549. The molecule has 2 aromatic heterocycles. The first kappa shape index (κ1) is 23.4. The number of alkyl halides is 5. The zero-order valence-corrected chi connectivity index (χ0v) is 18.6. The second kappa shape index (κ2) is 8.13. The second-order valence-corrected chi connectivity index (χ2v) is 10.3. The summed E-state index contributed by atoms with van der Waals surface area (Å²) in [5, 5.41) is 7.17. The van der Waals surface area contributed by atoms with Crippen molar-refractivity contribution in [2.75, 3.05) is 0 Å². The topological polar surface area (TPSA) is 85.3 Å². The molecule has 1 amide bonds. The third-order valence-electron chi connectivity index (χ3n) is 7.69. The summed E-state index contributed by atoms with van der Waals surface area (Å²) >= 11 is 0. The Balaban J connectivity index is 1.30. The molecule has 34 heavy (non-hydrogen) atoms. The Labute approximate surface area is 193 Å². The molecule has 0 bridgehead atoms. The van der Waals surface area contributed by atoms with Crippen LogP contribution < -0.4 is 11.1 Å². The van der Waals surface area contributed by atoms with E-state index in [-0.39, 0.29) is 37.5 Å². The van der Waals surface area contributed by atoms with Crippen molar-refractivity contribution in [2.45, 2.75) is 82.0 Å². The monoisotopic (exact) mass is 485 g/mol. The minimum Gasteiger partial charge on any atom is -0.349 e. The van der Waals surface area contributed by atoms with Crippen molar-refractivity contribution < 1.29 is 26.7 Å². The lowest BCUT2D eigenvalue weighted by Crippen LogP contribution is -2.35. The number of nitrogens with zero attached hydrogens (tertiary/aromatic N) is 3.